The Morgan fingerprint density at radius 3 is 2.76 bits per heavy atom. The van der Waals surface area contributed by atoms with Crippen LogP contribution in [0.3, 0.4) is 0 Å². The van der Waals surface area contributed by atoms with Crippen molar-refractivity contribution in [3.63, 3.8) is 0 Å². The van der Waals surface area contributed by atoms with Crippen molar-refractivity contribution < 1.29 is 14.3 Å². The number of furan rings is 1. The Bertz CT molecular complexity index is 1420. The highest BCUT2D eigenvalue weighted by Gasteiger charge is 2.32. The SMILES string of the molecule is COc1cccc([C@@H](c2sc3nc(-c4ccco4)nn3c2O)N2CCc3ccccc3C2)c1. The van der Waals surface area contributed by atoms with E-state index in [0.717, 1.165) is 35.7 Å². The summed E-state index contributed by atoms with van der Waals surface area (Å²) < 4.78 is 12.4. The molecule has 4 heterocycles. The average molecular weight is 459 g/mol. The average Bonchev–Trinajstić information content (AvgIpc) is 3.58. The molecule has 0 amide bonds. The minimum atomic E-state index is -0.158. The van der Waals surface area contributed by atoms with E-state index in [2.05, 4.69) is 45.3 Å². The molecular formula is C25H22N4O3S. The second kappa shape index (κ2) is 8.06. The summed E-state index contributed by atoms with van der Waals surface area (Å²) in [7, 11) is 1.67. The molecule has 8 heteroatoms. The summed E-state index contributed by atoms with van der Waals surface area (Å²) in [6.45, 7) is 1.67. The van der Waals surface area contributed by atoms with Gasteiger partial charge in [-0.05, 0) is 47.4 Å². The standard InChI is InChI=1S/C25H22N4O3S/c1-31-19-9-4-8-17(14-19)21(28-12-11-16-6-2-3-7-18(16)15-28)22-24(30)29-25(33-22)26-23(27-29)20-10-5-13-32-20/h2-10,13-14,21,30H,11-12,15H2,1H3/t21-/m0/s1. The van der Waals surface area contributed by atoms with E-state index >= 15 is 0 Å². The van der Waals surface area contributed by atoms with Crippen LogP contribution in [-0.2, 0) is 13.0 Å². The zero-order valence-corrected chi connectivity index (χ0v) is 18.8. The molecule has 1 N–H and O–H groups in total. The number of benzene rings is 2. The van der Waals surface area contributed by atoms with Gasteiger partial charge in [-0.1, -0.05) is 47.7 Å². The Hall–Kier alpha value is -3.62. The van der Waals surface area contributed by atoms with Crippen LogP contribution in [0, 0.1) is 0 Å². The Labute approximate surface area is 194 Å². The number of hydrogen-bond donors (Lipinski definition) is 1. The third-order valence-electron chi connectivity index (χ3n) is 6.12. The minimum Gasteiger partial charge on any atom is -0.497 e. The Kier molecular flexibility index (Phi) is 4.89. The zero-order chi connectivity index (χ0) is 22.4. The van der Waals surface area contributed by atoms with Crippen molar-refractivity contribution in [2.45, 2.75) is 19.0 Å². The van der Waals surface area contributed by atoms with E-state index < -0.39 is 0 Å². The topological polar surface area (TPSA) is 76.0 Å². The lowest BCUT2D eigenvalue weighted by Crippen LogP contribution is -2.34. The second-order valence-corrected chi connectivity index (χ2v) is 9.07. The number of nitrogens with zero attached hydrogens (tertiary/aromatic N) is 4. The third-order valence-corrected chi connectivity index (χ3v) is 7.20. The largest absolute Gasteiger partial charge is 0.497 e. The second-order valence-electron chi connectivity index (χ2n) is 8.07. The van der Waals surface area contributed by atoms with E-state index in [-0.39, 0.29) is 11.9 Å². The van der Waals surface area contributed by atoms with Gasteiger partial charge in [0, 0.05) is 13.1 Å². The van der Waals surface area contributed by atoms with Gasteiger partial charge in [0.1, 0.15) is 5.75 Å². The number of hydrogen-bond acceptors (Lipinski definition) is 7. The maximum absolute atomic E-state index is 11.3. The summed E-state index contributed by atoms with van der Waals surface area (Å²) in [5.74, 6) is 1.92. The number of aromatic nitrogens is 3. The summed E-state index contributed by atoms with van der Waals surface area (Å²) in [5.41, 5.74) is 3.75. The quantitative estimate of drug-likeness (QED) is 0.403. The molecule has 0 saturated heterocycles. The Balaban J connectivity index is 1.45. The number of methoxy groups -OCH3 is 1. The normalized spacial score (nSPS) is 14.9. The predicted octanol–water partition coefficient (Wildman–Crippen LogP) is 4.91. The van der Waals surface area contributed by atoms with Gasteiger partial charge in [-0.15, -0.1) is 5.10 Å². The van der Waals surface area contributed by atoms with Gasteiger partial charge in [-0.25, -0.2) is 0 Å². The third kappa shape index (κ3) is 3.48. The monoisotopic (exact) mass is 458 g/mol. The molecule has 166 valence electrons. The summed E-state index contributed by atoms with van der Waals surface area (Å²) in [5, 5.41) is 15.8. The van der Waals surface area contributed by atoms with Gasteiger partial charge in [-0.3, -0.25) is 4.90 Å². The fourth-order valence-electron chi connectivity index (χ4n) is 4.52. The molecule has 5 aromatic rings. The molecule has 0 fully saturated rings. The first kappa shape index (κ1) is 20.0. The van der Waals surface area contributed by atoms with E-state index in [1.807, 2.05) is 24.3 Å². The van der Waals surface area contributed by atoms with Crippen molar-refractivity contribution in [2.24, 2.45) is 0 Å². The van der Waals surface area contributed by atoms with Crippen LogP contribution in [-0.4, -0.2) is 38.3 Å². The number of thiazole rings is 1. The molecule has 0 unspecified atom stereocenters. The molecule has 1 aliphatic rings. The smallest absolute Gasteiger partial charge is 0.230 e. The summed E-state index contributed by atoms with van der Waals surface area (Å²) in [6.07, 6.45) is 2.55. The van der Waals surface area contributed by atoms with E-state index in [1.165, 1.54) is 27.0 Å². The van der Waals surface area contributed by atoms with Gasteiger partial charge < -0.3 is 14.3 Å². The summed E-state index contributed by atoms with van der Waals surface area (Å²) in [4.78, 5) is 8.43. The molecule has 3 aromatic heterocycles. The lowest BCUT2D eigenvalue weighted by molar-refractivity contribution is 0.205. The fraction of sp³-hybridized carbons (Fsp3) is 0.200. The van der Waals surface area contributed by atoms with Gasteiger partial charge >= 0.3 is 0 Å². The van der Waals surface area contributed by atoms with Crippen molar-refractivity contribution in [1.29, 1.82) is 0 Å². The highest BCUT2D eigenvalue weighted by Crippen LogP contribution is 2.42. The molecule has 0 spiro atoms. The van der Waals surface area contributed by atoms with Gasteiger partial charge in [0.2, 0.25) is 16.7 Å². The summed E-state index contributed by atoms with van der Waals surface area (Å²) in [6, 6.07) is 20.0. The number of rotatable bonds is 5. The molecule has 0 aliphatic carbocycles. The van der Waals surface area contributed by atoms with E-state index in [4.69, 9.17) is 9.15 Å². The van der Waals surface area contributed by atoms with Crippen LogP contribution >= 0.6 is 11.3 Å². The molecule has 1 atom stereocenters. The lowest BCUT2D eigenvalue weighted by Gasteiger charge is -2.35. The van der Waals surface area contributed by atoms with Crippen molar-refractivity contribution in [3.05, 3.63) is 88.5 Å². The maximum Gasteiger partial charge on any atom is 0.230 e. The first-order valence-electron chi connectivity index (χ1n) is 10.8. The van der Waals surface area contributed by atoms with E-state index in [0.29, 0.717) is 16.5 Å². The van der Waals surface area contributed by atoms with Crippen LogP contribution < -0.4 is 4.74 Å². The van der Waals surface area contributed by atoms with Crippen LogP contribution in [0.2, 0.25) is 0 Å². The van der Waals surface area contributed by atoms with Crippen LogP contribution in [0.25, 0.3) is 16.5 Å². The first-order valence-corrected chi connectivity index (χ1v) is 11.6. The van der Waals surface area contributed by atoms with Crippen LogP contribution in [0.5, 0.6) is 11.6 Å². The van der Waals surface area contributed by atoms with Crippen molar-refractivity contribution in [1.82, 2.24) is 19.5 Å². The van der Waals surface area contributed by atoms with Gasteiger partial charge in [-0.2, -0.15) is 9.50 Å². The molecule has 0 saturated carbocycles. The van der Waals surface area contributed by atoms with Gasteiger partial charge in [0.25, 0.3) is 0 Å². The molecular weight excluding hydrogens is 436 g/mol. The zero-order valence-electron chi connectivity index (χ0n) is 18.0. The maximum atomic E-state index is 11.3. The lowest BCUT2D eigenvalue weighted by atomic mass is 9.95. The predicted molar refractivity (Wildman–Crippen MR) is 126 cm³/mol. The van der Waals surface area contributed by atoms with E-state index in [1.54, 1.807) is 19.4 Å². The van der Waals surface area contributed by atoms with Crippen LogP contribution in [0.15, 0.2) is 71.3 Å². The highest BCUT2D eigenvalue weighted by molar-refractivity contribution is 7.17. The molecule has 2 aromatic carbocycles. The minimum absolute atomic E-state index is 0.104. The Morgan fingerprint density at radius 2 is 1.97 bits per heavy atom. The van der Waals surface area contributed by atoms with Gasteiger partial charge in [0.05, 0.1) is 24.3 Å². The van der Waals surface area contributed by atoms with Crippen molar-refractivity contribution in [3.8, 4) is 23.2 Å². The van der Waals surface area contributed by atoms with Crippen molar-refractivity contribution >= 4 is 16.3 Å². The van der Waals surface area contributed by atoms with Crippen LogP contribution in [0.1, 0.15) is 27.6 Å². The fourth-order valence-corrected chi connectivity index (χ4v) is 5.63. The number of ether oxygens (including phenoxy) is 1. The highest BCUT2D eigenvalue weighted by atomic mass is 32.1. The van der Waals surface area contributed by atoms with Crippen LogP contribution in [0.4, 0.5) is 0 Å². The Morgan fingerprint density at radius 1 is 1.09 bits per heavy atom. The van der Waals surface area contributed by atoms with E-state index in [9.17, 15) is 5.11 Å². The molecule has 7 nitrogen and oxygen atoms in total. The summed E-state index contributed by atoms with van der Waals surface area (Å²) >= 11 is 1.45. The molecule has 0 radical (unpaired) electrons. The van der Waals surface area contributed by atoms with Gasteiger partial charge in [0.15, 0.2) is 5.76 Å². The molecule has 33 heavy (non-hydrogen) atoms. The number of aromatic hydroxyl groups is 1. The molecule has 6 rings (SSSR count). The first-order chi connectivity index (χ1) is 16.2. The molecule has 0 bridgehead atoms. The van der Waals surface area contributed by atoms with Crippen molar-refractivity contribution in [2.75, 3.05) is 13.7 Å². The molecule has 1 aliphatic heterocycles. The number of fused-ring (bicyclic) bond motifs is 2.